The van der Waals surface area contributed by atoms with Crippen LogP contribution in [0, 0.1) is 0 Å². The number of nitrogens with two attached hydrogens (primary N) is 1. The molecule has 0 spiro atoms. The summed E-state index contributed by atoms with van der Waals surface area (Å²) in [5, 5.41) is 0. The Labute approximate surface area is 281 Å². The molecule has 0 aromatic rings. The van der Waals surface area contributed by atoms with Crippen molar-refractivity contribution in [2.24, 2.45) is 5.73 Å². The highest BCUT2D eigenvalue weighted by Gasteiger charge is 2.25. The van der Waals surface area contributed by atoms with Gasteiger partial charge in [0.1, 0.15) is 6.61 Å². The molecular weight excluding hydrogens is 605 g/mol. The highest BCUT2D eigenvalue weighted by Crippen LogP contribution is 2.43. The summed E-state index contributed by atoms with van der Waals surface area (Å²) in [6.07, 6.45) is 31.0. The van der Waals surface area contributed by atoms with E-state index < -0.39 is 32.5 Å². The molecule has 0 aromatic carbocycles. The summed E-state index contributed by atoms with van der Waals surface area (Å²) in [6, 6.07) is 0. The molecule has 0 rings (SSSR count). The molecule has 0 amide bonds. The van der Waals surface area contributed by atoms with Gasteiger partial charge in [0.15, 0.2) is 6.10 Å². The zero-order valence-electron chi connectivity index (χ0n) is 29.6. The second-order valence-electron chi connectivity index (χ2n) is 12.4. The number of phosphoric acid groups is 1. The normalized spacial score (nSPS) is 13.6. The van der Waals surface area contributed by atoms with Crippen molar-refractivity contribution in [2.45, 2.75) is 180 Å². The third-order valence-electron chi connectivity index (χ3n) is 7.90. The maximum atomic E-state index is 12.5. The lowest BCUT2D eigenvalue weighted by molar-refractivity contribution is -0.161. The van der Waals surface area contributed by atoms with E-state index in [1.807, 2.05) is 0 Å². The van der Waals surface area contributed by atoms with Gasteiger partial charge in [-0.15, -0.1) is 0 Å². The van der Waals surface area contributed by atoms with E-state index >= 15 is 0 Å². The summed E-state index contributed by atoms with van der Waals surface area (Å²) in [6.45, 7) is 3.68. The van der Waals surface area contributed by atoms with Crippen molar-refractivity contribution in [1.82, 2.24) is 0 Å². The Hall–Kier alpha value is -1.25. The number of carbonyl (C=O) groups is 2. The topological polar surface area (TPSA) is 134 Å². The predicted octanol–water partition coefficient (Wildman–Crippen LogP) is 9.88. The number of esters is 2. The Kier molecular flexibility index (Phi) is 32.7. The van der Waals surface area contributed by atoms with E-state index in [0.717, 1.165) is 57.8 Å². The third-order valence-corrected chi connectivity index (χ3v) is 8.89. The average Bonchev–Trinajstić information content (AvgIpc) is 3.04. The lowest BCUT2D eigenvalue weighted by Crippen LogP contribution is -2.29. The van der Waals surface area contributed by atoms with Crippen LogP contribution in [-0.4, -0.2) is 49.3 Å². The van der Waals surface area contributed by atoms with Gasteiger partial charge in [-0.3, -0.25) is 18.6 Å². The smallest absolute Gasteiger partial charge is 0.462 e. The minimum atomic E-state index is -4.36. The lowest BCUT2D eigenvalue weighted by Gasteiger charge is -2.19. The maximum absolute atomic E-state index is 12.5. The summed E-state index contributed by atoms with van der Waals surface area (Å²) < 4.78 is 32.6. The van der Waals surface area contributed by atoms with Crippen LogP contribution in [0.1, 0.15) is 174 Å². The number of hydrogen-bond acceptors (Lipinski definition) is 8. The molecule has 9 nitrogen and oxygen atoms in total. The van der Waals surface area contributed by atoms with Crippen LogP contribution >= 0.6 is 7.82 Å². The molecule has 1 unspecified atom stereocenters. The van der Waals surface area contributed by atoms with Crippen LogP contribution in [0.15, 0.2) is 12.2 Å². The second-order valence-corrected chi connectivity index (χ2v) is 13.9. The van der Waals surface area contributed by atoms with E-state index in [1.165, 1.54) is 83.5 Å². The first-order valence-electron chi connectivity index (χ1n) is 18.7. The fourth-order valence-electron chi connectivity index (χ4n) is 5.09. The summed E-state index contributed by atoms with van der Waals surface area (Å²) >= 11 is 0. The second kappa shape index (κ2) is 33.6. The van der Waals surface area contributed by atoms with Crippen molar-refractivity contribution in [2.75, 3.05) is 26.4 Å². The molecule has 0 aliphatic rings. The van der Waals surface area contributed by atoms with E-state index in [4.69, 9.17) is 24.3 Å². The SMILES string of the molecule is CCCC/C=C/CCCCCCCC(=O)OC[C@H](COP(=O)(O)OCCN)OC(=O)CCCCCCCCCCCCCCCC. The summed E-state index contributed by atoms with van der Waals surface area (Å²) in [7, 11) is -4.36. The molecule has 3 N–H and O–H groups in total. The molecule has 0 saturated heterocycles. The summed E-state index contributed by atoms with van der Waals surface area (Å²) in [5.74, 6) is -0.835. The first kappa shape index (κ1) is 44.8. The minimum absolute atomic E-state index is 0.0548. The molecule has 0 saturated carbocycles. The highest BCUT2D eigenvalue weighted by atomic mass is 31.2. The van der Waals surface area contributed by atoms with E-state index in [1.54, 1.807) is 0 Å². The van der Waals surface area contributed by atoms with Crippen LogP contribution in [0.5, 0.6) is 0 Å². The molecular formula is C36H70NO8P. The molecule has 10 heteroatoms. The molecule has 0 aliphatic heterocycles. The van der Waals surface area contributed by atoms with Crippen molar-refractivity contribution >= 4 is 19.8 Å². The number of carbonyl (C=O) groups excluding carboxylic acids is 2. The van der Waals surface area contributed by atoms with Gasteiger partial charge < -0.3 is 20.1 Å². The van der Waals surface area contributed by atoms with Gasteiger partial charge in [0.25, 0.3) is 0 Å². The molecule has 0 fully saturated rings. The standard InChI is InChI=1S/C36H70NO8P/c1-3-5-7-9-11-13-15-16-17-19-21-23-25-27-29-36(39)45-34(33-44-46(40,41)43-31-30-37)32-42-35(38)28-26-24-22-20-18-14-12-10-8-6-4-2/h10,12,34H,3-9,11,13-33,37H2,1-2H3,(H,40,41)/b12-10+/t34-/m1/s1. The largest absolute Gasteiger partial charge is 0.472 e. The fourth-order valence-corrected chi connectivity index (χ4v) is 5.85. The van der Waals surface area contributed by atoms with E-state index in [2.05, 4.69) is 26.0 Å². The summed E-state index contributed by atoms with van der Waals surface area (Å²) in [4.78, 5) is 34.6. The number of allylic oxidation sites excluding steroid dienone is 2. The summed E-state index contributed by atoms with van der Waals surface area (Å²) in [5.41, 5.74) is 5.32. The van der Waals surface area contributed by atoms with Gasteiger partial charge in [0.05, 0.1) is 13.2 Å². The average molecular weight is 676 g/mol. The Morgan fingerprint density at radius 3 is 1.61 bits per heavy atom. The van der Waals surface area contributed by atoms with Gasteiger partial charge in [-0.2, -0.15) is 0 Å². The molecule has 0 bridgehead atoms. The molecule has 0 aliphatic carbocycles. The van der Waals surface area contributed by atoms with Crippen molar-refractivity contribution in [3.63, 3.8) is 0 Å². The molecule has 2 atom stereocenters. The van der Waals surface area contributed by atoms with E-state index in [0.29, 0.717) is 6.42 Å². The van der Waals surface area contributed by atoms with Gasteiger partial charge in [-0.05, 0) is 32.1 Å². The Balaban J connectivity index is 4.22. The first-order chi connectivity index (χ1) is 22.3. The number of hydrogen-bond donors (Lipinski definition) is 2. The number of rotatable bonds is 35. The van der Waals surface area contributed by atoms with Crippen LogP contribution in [0.3, 0.4) is 0 Å². The van der Waals surface area contributed by atoms with Gasteiger partial charge >= 0.3 is 19.8 Å². The van der Waals surface area contributed by atoms with Crippen molar-refractivity contribution in [1.29, 1.82) is 0 Å². The molecule has 0 heterocycles. The van der Waals surface area contributed by atoms with Gasteiger partial charge in [-0.25, -0.2) is 4.57 Å². The van der Waals surface area contributed by atoms with Gasteiger partial charge in [-0.1, -0.05) is 142 Å². The Bertz CT molecular complexity index is 779. The minimum Gasteiger partial charge on any atom is -0.462 e. The van der Waals surface area contributed by atoms with E-state index in [-0.39, 0.29) is 32.6 Å². The van der Waals surface area contributed by atoms with Crippen LogP contribution in [-0.2, 0) is 32.7 Å². The van der Waals surface area contributed by atoms with Crippen LogP contribution in [0.25, 0.3) is 0 Å². The maximum Gasteiger partial charge on any atom is 0.472 e. The van der Waals surface area contributed by atoms with Crippen molar-refractivity contribution in [3.05, 3.63) is 12.2 Å². The zero-order chi connectivity index (χ0) is 34.0. The Morgan fingerprint density at radius 2 is 1.09 bits per heavy atom. The molecule has 0 radical (unpaired) electrons. The monoisotopic (exact) mass is 675 g/mol. The van der Waals surface area contributed by atoms with Crippen molar-refractivity contribution < 1.29 is 37.6 Å². The fraction of sp³-hybridized carbons (Fsp3) is 0.889. The van der Waals surface area contributed by atoms with Crippen LogP contribution in [0.2, 0.25) is 0 Å². The highest BCUT2D eigenvalue weighted by molar-refractivity contribution is 7.47. The lowest BCUT2D eigenvalue weighted by atomic mass is 10.0. The van der Waals surface area contributed by atoms with Crippen LogP contribution < -0.4 is 5.73 Å². The van der Waals surface area contributed by atoms with E-state index in [9.17, 15) is 19.0 Å². The zero-order valence-corrected chi connectivity index (χ0v) is 30.5. The Morgan fingerprint density at radius 1 is 0.630 bits per heavy atom. The number of phosphoric ester groups is 1. The number of unbranched alkanes of at least 4 members (excludes halogenated alkanes) is 20. The molecule has 272 valence electrons. The quantitative estimate of drug-likeness (QED) is 0.0291. The van der Waals surface area contributed by atoms with Crippen LogP contribution in [0.4, 0.5) is 0 Å². The first-order valence-corrected chi connectivity index (χ1v) is 20.2. The molecule has 0 aromatic heterocycles. The molecule has 46 heavy (non-hydrogen) atoms. The van der Waals surface area contributed by atoms with Gasteiger partial charge in [0.2, 0.25) is 0 Å². The van der Waals surface area contributed by atoms with Gasteiger partial charge in [0, 0.05) is 19.4 Å². The van der Waals surface area contributed by atoms with Crippen molar-refractivity contribution in [3.8, 4) is 0 Å². The number of ether oxygens (including phenoxy) is 2. The third kappa shape index (κ3) is 32.7. The predicted molar refractivity (Wildman–Crippen MR) is 188 cm³/mol.